The lowest BCUT2D eigenvalue weighted by Gasteiger charge is -2.38. The summed E-state index contributed by atoms with van der Waals surface area (Å²) in [6.07, 6.45) is 2.94. The van der Waals surface area contributed by atoms with Gasteiger partial charge in [-0.05, 0) is 43.0 Å². The van der Waals surface area contributed by atoms with Gasteiger partial charge in [-0.25, -0.2) is 4.99 Å². The van der Waals surface area contributed by atoms with Gasteiger partial charge in [-0.3, -0.25) is 0 Å². The molecule has 136 valence electrons. The predicted octanol–water partition coefficient (Wildman–Crippen LogP) is 5.77. The van der Waals surface area contributed by atoms with Crippen molar-refractivity contribution in [2.45, 2.75) is 37.8 Å². The Balaban J connectivity index is 1.62. The molecule has 0 unspecified atom stereocenters. The Morgan fingerprint density at radius 2 is 1.44 bits per heavy atom. The van der Waals surface area contributed by atoms with Gasteiger partial charge in [0.05, 0.1) is 6.04 Å². The molecule has 4 rings (SSSR count). The van der Waals surface area contributed by atoms with Gasteiger partial charge in [-0.1, -0.05) is 78.9 Å². The number of rotatable bonds is 5. The highest BCUT2D eigenvalue weighted by Crippen LogP contribution is 2.37. The number of hydrogen-bond acceptors (Lipinski definition) is 2. The lowest BCUT2D eigenvalue weighted by atomic mass is 9.86. The van der Waals surface area contributed by atoms with E-state index in [1.54, 1.807) is 0 Å². The van der Waals surface area contributed by atoms with Crippen LogP contribution < -0.4 is 0 Å². The van der Waals surface area contributed by atoms with Crippen LogP contribution in [0.5, 0.6) is 0 Å². The molecular weight excluding hydrogens is 330 g/mol. The van der Waals surface area contributed by atoms with E-state index >= 15 is 0 Å². The maximum atomic E-state index is 6.48. The molecule has 0 spiro atoms. The van der Waals surface area contributed by atoms with E-state index in [1.807, 2.05) is 18.2 Å². The molecule has 1 heterocycles. The first-order valence-corrected chi connectivity index (χ1v) is 9.65. The molecule has 0 aliphatic carbocycles. The summed E-state index contributed by atoms with van der Waals surface area (Å²) in [6.45, 7) is 2.19. The van der Waals surface area contributed by atoms with E-state index in [4.69, 9.17) is 9.73 Å². The smallest absolute Gasteiger partial charge is 0.217 e. The van der Waals surface area contributed by atoms with Gasteiger partial charge in [0, 0.05) is 12.0 Å². The second-order valence-corrected chi connectivity index (χ2v) is 7.38. The highest BCUT2D eigenvalue weighted by atomic mass is 16.5. The van der Waals surface area contributed by atoms with Crippen molar-refractivity contribution in [3.05, 3.63) is 108 Å². The molecule has 0 amide bonds. The van der Waals surface area contributed by atoms with E-state index in [9.17, 15) is 0 Å². The first kappa shape index (κ1) is 17.5. The summed E-state index contributed by atoms with van der Waals surface area (Å²) in [7, 11) is 0. The lowest BCUT2D eigenvalue weighted by Crippen LogP contribution is -2.38. The van der Waals surface area contributed by atoms with Crippen molar-refractivity contribution in [1.29, 1.82) is 0 Å². The zero-order valence-electron chi connectivity index (χ0n) is 15.7. The normalized spacial score (nSPS) is 22.0. The zero-order valence-corrected chi connectivity index (χ0v) is 15.7. The van der Waals surface area contributed by atoms with E-state index in [0.717, 1.165) is 30.7 Å². The van der Waals surface area contributed by atoms with Gasteiger partial charge in [-0.15, -0.1) is 0 Å². The number of aliphatic imine (C=N–C) groups is 1. The molecule has 2 heteroatoms. The van der Waals surface area contributed by atoms with Gasteiger partial charge >= 0.3 is 0 Å². The molecule has 0 saturated heterocycles. The molecule has 0 bridgehead atoms. The largest absolute Gasteiger partial charge is 0.466 e. The minimum absolute atomic E-state index is 0.236. The molecule has 2 nitrogen and oxygen atoms in total. The number of benzene rings is 3. The van der Waals surface area contributed by atoms with E-state index in [1.165, 1.54) is 11.1 Å². The monoisotopic (exact) mass is 355 g/mol. The SMILES string of the molecule is C[C@@]1(c2ccccc2)C[C@@H](CCc2ccccc2)N=C(c2ccccc2)O1. The van der Waals surface area contributed by atoms with Crippen molar-refractivity contribution in [1.82, 2.24) is 0 Å². The molecule has 3 aromatic rings. The third-order valence-corrected chi connectivity index (χ3v) is 5.26. The summed E-state index contributed by atoms with van der Waals surface area (Å²) in [5.41, 5.74) is 3.25. The van der Waals surface area contributed by atoms with Gasteiger partial charge < -0.3 is 4.74 Å². The summed E-state index contributed by atoms with van der Waals surface area (Å²) < 4.78 is 6.48. The molecule has 0 N–H and O–H groups in total. The summed E-state index contributed by atoms with van der Waals surface area (Å²) in [4.78, 5) is 4.98. The summed E-state index contributed by atoms with van der Waals surface area (Å²) in [5, 5.41) is 0. The van der Waals surface area contributed by atoms with Gasteiger partial charge in [-0.2, -0.15) is 0 Å². The number of aryl methyl sites for hydroxylation is 1. The number of hydrogen-bond donors (Lipinski definition) is 0. The van der Waals surface area contributed by atoms with Crippen LogP contribution in [-0.2, 0) is 16.8 Å². The number of ether oxygens (including phenoxy) is 1. The highest BCUT2D eigenvalue weighted by Gasteiger charge is 2.37. The van der Waals surface area contributed by atoms with E-state index < -0.39 is 0 Å². The Hall–Kier alpha value is -2.87. The van der Waals surface area contributed by atoms with Crippen molar-refractivity contribution >= 4 is 5.90 Å². The molecule has 0 fully saturated rings. The van der Waals surface area contributed by atoms with Gasteiger partial charge in [0.1, 0.15) is 5.60 Å². The van der Waals surface area contributed by atoms with Gasteiger partial charge in [0.2, 0.25) is 5.90 Å². The van der Waals surface area contributed by atoms with E-state index in [2.05, 4.69) is 79.7 Å². The summed E-state index contributed by atoms with van der Waals surface area (Å²) in [6, 6.07) is 31.7. The second-order valence-electron chi connectivity index (χ2n) is 7.38. The first-order valence-electron chi connectivity index (χ1n) is 9.65. The molecule has 3 aromatic carbocycles. The van der Waals surface area contributed by atoms with E-state index in [0.29, 0.717) is 0 Å². The predicted molar refractivity (Wildman–Crippen MR) is 111 cm³/mol. The minimum atomic E-state index is -0.366. The fourth-order valence-corrected chi connectivity index (χ4v) is 3.77. The van der Waals surface area contributed by atoms with E-state index in [-0.39, 0.29) is 11.6 Å². The molecule has 0 aromatic heterocycles. The summed E-state index contributed by atoms with van der Waals surface area (Å²) >= 11 is 0. The van der Waals surface area contributed by atoms with Gasteiger partial charge in [0.15, 0.2) is 0 Å². The van der Waals surface area contributed by atoms with Crippen LogP contribution >= 0.6 is 0 Å². The first-order chi connectivity index (χ1) is 13.2. The topological polar surface area (TPSA) is 21.6 Å². The standard InChI is InChI=1S/C25H25NO/c1-25(22-15-9-4-10-16-22)19-23(18-17-20-11-5-2-6-12-20)26-24(27-25)21-13-7-3-8-14-21/h2-16,23H,17-19H2,1H3/t23-,25+/m1/s1. The second kappa shape index (κ2) is 7.79. The van der Waals surface area contributed by atoms with Crippen molar-refractivity contribution in [3.63, 3.8) is 0 Å². The fourth-order valence-electron chi connectivity index (χ4n) is 3.77. The average molecular weight is 355 g/mol. The van der Waals surface area contributed by atoms with Crippen LogP contribution in [0, 0.1) is 0 Å². The maximum absolute atomic E-state index is 6.48. The van der Waals surface area contributed by atoms with Crippen LogP contribution in [0.25, 0.3) is 0 Å². The Bertz CT molecular complexity index is 889. The van der Waals surface area contributed by atoms with Crippen LogP contribution in [0.4, 0.5) is 0 Å². The van der Waals surface area contributed by atoms with Crippen molar-refractivity contribution in [2.75, 3.05) is 0 Å². The van der Waals surface area contributed by atoms with Crippen molar-refractivity contribution in [3.8, 4) is 0 Å². The quantitative estimate of drug-likeness (QED) is 0.569. The molecule has 27 heavy (non-hydrogen) atoms. The lowest BCUT2D eigenvalue weighted by molar-refractivity contribution is 0.0403. The molecule has 1 aliphatic rings. The highest BCUT2D eigenvalue weighted by molar-refractivity contribution is 5.95. The van der Waals surface area contributed by atoms with Crippen molar-refractivity contribution in [2.24, 2.45) is 4.99 Å². The average Bonchev–Trinajstić information content (AvgIpc) is 2.74. The Morgan fingerprint density at radius 1 is 0.852 bits per heavy atom. The molecule has 0 saturated carbocycles. The molecular formula is C25H25NO. The Kier molecular flexibility index (Phi) is 5.06. The Labute approximate surface area is 161 Å². The maximum Gasteiger partial charge on any atom is 0.217 e. The van der Waals surface area contributed by atoms with Gasteiger partial charge in [0.25, 0.3) is 0 Å². The third kappa shape index (κ3) is 4.11. The van der Waals surface area contributed by atoms with Crippen LogP contribution in [0.3, 0.4) is 0 Å². The zero-order chi connectivity index (χ0) is 18.5. The molecule has 2 atom stereocenters. The molecule has 0 radical (unpaired) electrons. The van der Waals surface area contributed by atoms with Crippen LogP contribution in [-0.4, -0.2) is 11.9 Å². The minimum Gasteiger partial charge on any atom is -0.466 e. The third-order valence-electron chi connectivity index (χ3n) is 5.26. The van der Waals surface area contributed by atoms with Crippen molar-refractivity contribution < 1.29 is 4.74 Å². The molecule has 1 aliphatic heterocycles. The summed E-state index contributed by atoms with van der Waals surface area (Å²) in [5.74, 6) is 0.756. The fraction of sp³-hybridized carbons (Fsp3) is 0.240. The van der Waals surface area contributed by atoms with Crippen LogP contribution in [0.15, 0.2) is 96.0 Å². The number of nitrogens with zero attached hydrogens (tertiary/aromatic N) is 1. The van der Waals surface area contributed by atoms with Crippen LogP contribution in [0.1, 0.15) is 36.5 Å². The van der Waals surface area contributed by atoms with Crippen LogP contribution in [0.2, 0.25) is 0 Å². The Morgan fingerprint density at radius 3 is 2.11 bits per heavy atom.